The van der Waals surface area contributed by atoms with E-state index in [2.05, 4.69) is 10.3 Å². The molecule has 180 valence electrons. The maximum Gasteiger partial charge on any atom is 0.340 e. The number of hydrogen-bond acceptors (Lipinski definition) is 6. The van der Waals surface area contributed by atoms with E-state index in [1.54, 1.807) is 7.11 Å². The van der Waals surface area contributed by atoms with Crippen molar-refractivity contribution in [3.05, 3.63) is 93.2 Å². The molecule has 1 amide bonds. The number of benzene rings is 2. The number of amides is 1. The quantitative estimate of drug-likeness (QED) is 0.335. The van der Waals surface area contributed by atoms with Crippen LogP contribution in [0.3, 0.4) is 0 Å². The summed E-state index contributed by atoms with van der Waals surface area (Å²) in [5, 5.41) is 5.38. The number of nitrogens with one attached hydrogen (secondary N) is 1. The summed E-state index contributed by atoms with van der Waals surface area (Å²) in [4.78, 5) is 29.6. The molecule has 4 aromatic rings. The van der Waals surface area contributed by atoms with Gasteiger partial charge in [-0.05, 0) is 62.7 Å². The highest BCUT2D eigenvalue weighted by Gasteiger charge is 2.19. The van der Waals surface area contributed by atoms with Crippen molar-refractivity contribution in [2.24, 2.45) is 0 Å². The van der Waals surface area contributed by atoms with Crippen molar-refractivity contribution in [2.75, 3.05) is 12.4 Å². The molecular formula is C27H27N3O4S. The molecule has 7 nitrogen and oxygen atoms in total. The van der Waals surface area contributed by atoms with Crippen molar-refractivity contribution in [3.63, 3.8) is 0 Å². The second kappa shape index (κ2) is 10.6. The minimum absolute atomic E-state index is 0.0426. The van der Waals surface area contributed by atoms with E-state index in [1.165, 1.54) is 11.3 Å². The number of methoxy groups -OCH3 is 1. The number of para-hydroxylation sites is 1. The zero-order valence-corrected chi connectivity index (χ0v) is 20.9. The number of aryl methyl sites for hydroxylation is 2. The van der Waals surface area contributed by atoms with Gasteiger partial charge in [0.05, 0.1) is 24.8 Å². The van der Waals surface area contributed by atoms with Crippen LogP contribution >= 0.6 is 11.3 Å². The van der Waals surface area contributed by atoms with E-state index in [-0.39, 0.29) is 18.9 Å². The van der Waals surface area contributed by atoms with Gasteiger partial charge in [-0.25, -0.2) is 9.78 Å². The second-order valence-electron chi connectivity index (χ2n) is 8.17. The molecule has 2 heterocycles. The summed E-state index contributed by atoms with van der Waals surface area (Å²) in [5.74, 6) is 0.221. The maximum absolute atomic E-state index is 12.8. The average Bonchev–Trinajstić information content (AvgIpc) is 3.42. The first-order valence-corrected chi connectivity index (χ1v) is 12.0. The van der Waals surface area contributed by atoms with Crippen LogP contribution in [-0.2, 0) is 22.6 Å². The predicted molar refractivity (Wildman–Crippen MR) is 137 cm³/mol. The standard InChI is InChI=1S/C27H27N3O4S/c1-17-7-5-6-8-24(17)29-25(31)14-26-28-20(16-35-26)15-34-27(32)23-13-18(2)30(19(23)3)21-9-11-22(33-4)12-10-21/h5-13,16H,14-15H2,1-4H3,(H,29,31). The van der Waals surface area contributed by atoms with Gasteiger partial charge in [-0.15, -0.1) is 11.3 Å². The Morgan fingerprint density at radius 2 is 1.80 bits per heavy atom. The number of carbonyl (C=O) groups excluding carboxylic acids is 2. The van der Waals surface area contributed by atoms with Gasteiger partial charge in [0.15, 0.2) is 0 Å². The van der Waals surface area contributed by atoms with Gasteiger partial charge >= 0.3 is 5.97 Å². The van der Waals surface area contributed by atoms with Gasteiger partial charge in [0.2, 0.25) is 5.91 Å². The molecule has 0 aliphatic rings. The summed E-state index contributed by atoms with van der Waals surface area (Å²) in [5.41, 5.74) is 5.57. The molecule has 0 aliphatic heterocycles. The molecule has 0 saturated heterocycles. The van der Waals surface area contributed by atoms with E-state index < -0.39 is 5.97 Å². The monoisotopic (exact) mass is 489 g/mol. The van der Waals surface area contributed by atoms with Crippen molar-refractivity contribution in [2.45, 2.75) is 33.8 Å². The molecule has 0 bridgehead atoms. The number of anilines is 1. The molecule has 0 spiro atoms. The summed E-state index contributed by atoms with van der Waals surface area (Å²) in [6, 6.07) is 17.1. The van der Waals surface area contributed by atoms with E-state index in [0.717, 1.165) is 34.1 Å². The van der Waals surface area contributed by atoms with Gasteiger partial charge < -0.3 is 19.4 Å². The van der Waals surface area contributed by atoms with E-state index in [0.29, 0.717) is 16.3 Å². The lowest BCUT2D eigenvalue weighted by Gasteiger charge is -2.10. The van der Waals surface area contributed by atoms with Crippen LogP contribution in [0.1, 0.15) is 38.0 Å². The summed E-state index contributed by atoms with van der Waals surface area (Å²) in [6.45, 7) is 5.82. The van der Waals surface area contributed by atoms with Crippen LogP contribution in [-0.4, -0.2) is 28.5 Å². The van der Waals surface area contributed by atoms with Crippen LogP contribution in [0.15, 0.2) is 60.0 Å². The smallest absolute Gasteiger partial charge is 0.340 e. The highest BCUT2D eigenvalue weighted by molar-refractivity contribution is 7.09. The summed E-state index contributed by atoms with van der Waals surface area (Å²) in [7, 11) is 1.63. The third-order valence-corrected chi connectivity index (χ3v) is 6.56. The predicted octanol–water partition coefficient (Wildman–Crippen LogP) is 5.41. The normalized spacial score (nSPS) is 10.7. The molecular weight excluding hydrogens is 462 g/mol. The highest BCUT2D eigenvalue weighted by Crippen LogP contribution is 2.24. The third-order valence-electron chi connectivity index (χ3n) is 5.66. The fourth-order valence-corrected chi connectivity index (χ4v) is 4.63. The Labute approximate surface area is 208 Å². The number of thiazole rings is 1. The number of esters is 1. The summed E-state index contributed by atoms with van der Waals surface area (Å²) in [6.07, 6.45) is 0.163. The molecule has 2 aromatic carbocycles. The first-order chi connectivity index (χ1) is 16.9. The molecule has 0 aliphatic carbocycles. The first kappa shape index (κ1) is 24.2. The Morgan fingerprint density at radius 1 is 1.06 bits per heavy atom. The Hall–Kier alpha value is -3.91. The topological polar surface area (TPSA) is 82.5 Å². The number of hydrogen-bond donors (Lipinski definition) is 1. The van der Waals surface area contributed by atoms with Gasteiger partial charge in [0.25, 0.3) is 0 Å². The maximum atomic E-state index is 12.8. The fourth-order valence-electron chi connectivity index (χ4n) is 3.86. The molecule has 2 aromatic heterocycles. The molecule has 8 heteroatoms. The lowest BCUT2D eigenvalue weighted by molar-refractivity contribution is -0.115. The van der Waals surface area contributed by atoms with Gasteiger partial charge in [0, 0.05) is 28.1 Å². The molecule has 0 radical (unpaired) electrons. The Morgan fingerprint density at radius 3 is 2.51 bits per heavy atom. The highest BCUT2D eigenvalue weighted by atomic mass is 32.1. The average molecular weight is 490 g/mol. The van der Waals surface area contributed by atoms with E-state index in [1.807, 2.05) is 85.3 Å². The lowest BCUT2D eigenvalue weighted by atomic mass is 10.2. The van der Waals surface area contributed by atoms with Gasteiger partial charge in [0.1, 0.15) is 17.4 Å². The molecule has 0 saturated carbocycles. The number of nitrogens with zero attached hydrogens (tertiary/aromatic N) is 2. The molecule has 4 rings (SSSR count). The number of ether oxygens (including phenoxy) is 2. The third kappa shape index (κ3) is 5.60. The van der Waals surface area contributed by atoms with Crippen LogP contribution in [0.2, 0.25) is 0 Å². The Balaban J connectivity index is 1.37. The number of aromatic nitrogens is 2. The lowest BCUT2D eigenvalue weighted by Crippen LogP contribution is -2.15. The first-order valence-electron chi connectivity index (χ1n) is 11.1. The van der Waals surface area contributed by atoms with Gasteiger partial charge in [-0.2, -0.15) is 0 Å². The van der Waals surface area contributed by atoms with Crippen LogP contribution < -0.4 is 10.1 Å². The van der Waals surface area contributed by atoms with Crippen LogP contribution in [0.25, 0.3) is 5.69 Å². The molecule has 1 N–H and O–H groups in total. The van der Waals surface area contributed by atoms with Gasteiger partial charge in [-0.1, -0.05) is 18.2 Å². The fraction of sp³-hybridized carbons (Fsp3) is 0.222. The van der Waals surface area contributed by atoms with E-state index in [4.69, 9.17) is 9.47 Å². The van der Waals surface area contributed by atoms with E-state index >= 15 is 0 Å². The van der Waals surface area contributed by atoms with Crippen LogP contribution in [0.4, 0.5) is 5.69 Å². The van der Waals surface area contributed by atoms with Crippen molar-refractivity contribution in [3.8, 4) is 11.4 Å². The molecule has 0 atom stereocenters. The van der Waals surface area contributed by atoms with Crippen molar-refractivity contribution in [1.29, 1.82) is 0 Å². The van der Waals surface area contributed by atoms with Crippen molar-refractivity contribution in [1.82, 2.24) is 9.55 Å². The zero-order valence-electron chi connectivity index (χ0n) is 20.1. The number of carbonyl (C=O) groups is 2. The van der Waals surface area contributed by atoms with E-state index in [9.17, 15) is 9.59 Å². The number of rotatable bonds is 8. The molecule has 0 fully saturated rings. The van der Waals surface area contributed by atoms with Crippen molar-refractivity contribution >= 4 is 28.9 Å². The molecule has 0 unspecified atom stereocenters. The summed E-state index contributed by atoms with van der Waals surface area (Å²) < 4.78 is 12.8. The van der Waals surface area contributed by atoms with Crippen molar-refractivity contribution < 1.29 is 19.1 Å². The SMILES string of the molecule is COc1ccc(-n2c(C)cc(C(=O)OCc3csc(CC(=O)Nc4ccccc4C)n3)c2C)cc1. The Kier molecular flexibility index (Phi) is 7.31. The van der Waals surface area contributed by atoms with Crippen LogP contribution in [0, 0.1) is 20.8 Å². The minimum Gasteiger partial charge on any atom is -0.497 e. The van der Waals surface area contributed by atoms with Gasteiger partial charge in [-0.3, -0.25) is 4.79 Å². The largest absolute Gasteiger partial charge is 0.497 e. The second-order valence-corrected chi connectivity index (χ2v) is 9.11. The molecule has 35 heavy (non-hydrogen) atoms. The zero-order chi connectivity index (χ0) is 24.9. The minimum atomic E-state index is -0.412. The van der Waals surface area contributed by atoms with Crippen LogP contribution in [0.5, 0.6) is 5.75 Å². The summed E-state index contributed by atoms with van der Waals surface area (Å²) >= 11 is 1.37. The Bertz CT molecular complexity index is 1360.